The average Bonchev–Trinajstić information content (AvgIpc) is 3.39. The molecule has 10 nitrogen and oxygen atoms in total. The molecule has 1 unspecified atom stereocenters. The summed E-state index contributed by atoms with van der Waals surface area (Å²) in [5, 5.41) is 32.0. The standard InChI is InChI=1S/C22H24N8O2/c1-15-16(11-23)2-3-17(25-15)18(31)12-28-8-6-22(7-9-28)10-21(32)29(13-22)20-5-4-19-26-24-14-30(19)27-20/h2-5,14,18,31H,6-10,12-13H2,1H3. The van der Waals surface area contributed by atoms with Crippen LogP contribution in [0.15, 0.2) is 30.6 Å². The summed E-state index contributed by atoms with van der Waals surface area (Å²) in [7, 11) is 0. The summed E-state index contributed by atoms with van der Waals surface area (Å²) in [4.78, 5) is 21.2. The zero-order valence-corrected chi connectivity index (χ0v) is 17.8. The normalized spacial score (nSPS) is 19.5. The minimum absolute atomic E-state index is 0.0638. The first-order chi connectivity index (χ1) is 15.5. The summed E-state index contributed by atoms with van der Waals surface area (Å²) in [6.45, 7) is 4.53. The van der Waals surface area contributed by atoms with Crippen LogP contribution in [0.3, 0.4) is 0 Å². The molecular weight excluding hydrogens is 408 g/mol. The van der Waals surface area contributed by atoms with Gasteiger partial charge in [-0.2, -0.15) is 9.78 Å². The van der Waals surface area contributed by atoms with Gasteiger partial charge in [0.1, 0.15) is 18.5 Å². The Morgan fingerprint density at radius 2 is 2.06 bits per heavy atom. The highest BCUT2D eigenvalue weighted by Gasteiger charge is 2.46. The van der Waals surface area contributed by atoms with Gasteiger partial charge in [-0.1, -0.05) is 0 Å². The highest BCUT2D eigenvalue weighted by molar-refractivity contribution is 5.95. The van der Waals surface area contributed by atoms with E-state index in [2.05, 4.69) is 31.2 Å². The number of aromatic nitrogens is 5. The summed E-state index contributed by atoms with van der Waals surface area (Å²) in [6.07, 6.45) is 3.11. The van der Waals surface area contributed by atoms with Gasteiger partial charge in [0.25, 0.3) is 0 Å². The van der Waals surface area contributed by atoms with Gasteiger partial charge in [-0.25, -0.2) is 0 Å². The Bertz CT molecular complexity index is 1210. The van der Waals surface area contributed by atoms with Gasteiger partial charge in [0.2, 0.25) is 5.91 Å². The van der Waals surface area contributed by atoms with E-state index in [-0.39, 0.29) is 11.3 Å². The van der Waals surface area contributed by atoms with Gasteiger partial charge in [0.05, 0.1) is 17.0 Å². The van der Waals surface area contributed by atoms with Crippen molar-refractivity contribution in [3.05, 3.63) is 47.5 Å². The van der Waals surface area contributed by atoms with Gasteiger partial charge in [-0.15, -0.1) is 15.3 Å². The minimum atomic E-state index is -0.711. The molecule has 2 saturated heterocycles. The van der Waals surface area contributed by atoms with Crippen LogP contribution >= 0.6 is 0 Å². The number of hydrogen-bond acceptors (Lipinski definition) is 8. The van der Waals surface area contributed by atoms with Crippen molar-refractivity contribution in [1.29, 1.82) is 5.26 Å². The number of hydrogen-bond donors (Lipinski definition) is 1. The first-order valence-corrected chi connectivity index (χ1v) is 10.7. The quantitative estimate of drug-likeness (QED) is 0.653. The summed E-state index contributed by atoms with van der Waals surface area (Å²) < 4.78 is 1.58. The van der Waals surface area contributed by atoms with Gasteiger partial charge in [0.15, 0.2) is 11.5 Å². The molecule has 2 aliphatic heterocycles. The second kappa shape index (κ2) is 7.93. The molecule has 32 heavy (non-hydrogen) atoms. The highest BCUT2D eigenvalue weighted by Crippen LogP contribution is 2.42. The maximum atomic E-state index is 12.8. The predicted octanol–water partition coefficient (Wildman–Crippen LogP) is 1.25. The van der Waals surface area contributed by atoms with Gasteiger partial charge in [0, 0.05) is 19.5 Å². The molecule has 0 aromatic carbocycles. The molecule has 164 valence electrons. The lowest BCUT2D eigenvalue weighted by atomic mass is 9.77. The first-order valence-electron chi connectivity index (χ1n) is 10.7. The van der Waals surface area contributed by atoms with E-state index in [1.807, 2.05) is 12.1 Å². The Morgan fingerprint density at radius 3 is 2.81 bits per heavy atom. The van der Waals surface area contributed by atoms with Gasteiger partial charge in [-0.05, 0) is 62.5 Å². The van der Waals surface area contributed by atoms with Crippen molar-refractivity contribution in [2.75, 3.05) is 31.1 Å². The van der Waals surface area contributed by atoms with Crippen molar-refractivity contribution < 1.29 is 9.90 Å². The number of aliphatic hydroxyl groups is 1. The number of aliphatic hydroxyl groups excluding tert-OH is 1. The summed E-state index contributed by atoms with van der Waals surface area (Å²) >= 11 is 0. The van der Waals surface area contributed by atoms with Gasteiger partial charge < -0.3 is 10.0 Å². The van der Waals surface area contributed by atoms with E-state index in [1.165, 1.54) is 6.33 Å². The predicted molar refractivity (Wildman–Crippen MR) is 115 cm³/mol. The van der Waals surface area contributed by atoms with Crippen molar-refractivity contribution in [3.8, 4) is 6.07 Å². The molecule has 10 heteroatoms. The number of pyridine rings is 1. The van der Waals surface area contributed by atoms with E-state index < -0.39 is 6.10 Å². The molecule has 3 aromatic rings. The van der Waals surface area contributed by atoms with Crippen molar-refractivity contribution in [3.63, 3.8) is 0 Å². The molecule has 1 spiro atoms. The van der Waals surface area contributed by atoms with E-state index >= 15 is 0 Å². The summed E-state index contributed by atoms with van der Waals surface area (Å²) in [5.41, 5.74) is 2.32. The summed E-state index contributed by atoms with van der Waals surface area (Å²) in [5.74, 6) is 0.718. The van der Waals surface area contributed by atoms with Crippen LogP contribution in [0.1, 0.15) is 42.3 Å². The number of aryl methyl sites for hydroxylation is 1. The fraction of sp³-hybridized carbons (Fsp3) is 0.455. The molecule has 0 radical (unpaired) electrons. The molecule has 0 bridgehead atoms. The van der Waals surface area contributed by atoms with Gasteiger partial charge in [-0.3, -0.25) is 14.7 Å². The number of carbonyl (C=O) groups excluding carboxylic acids is 1. The Labute approximate surface area is 185 Å². The molecule has 2 aliphatic rings. The van der Waals surface area contributed by atoms with Crippen LogP contribution < -0.4 is 4.90 Å². The monoisotopic (exact) mass is 432 g/mol. The van der Waals surface area contributed by atoms with E-state index in [1.54, 1.807) is 28.5 Å². The van der Waals surface area contributed by atoms with Crippen LogP contribution in [-0.2, 0) is 4.79 Å². The highest BCUT2D eigenvalue weighted by atomic mass is 16.3. The lowest BCUT2D eigenvalue weighted by Gasteiger charge is -2.39. The fourth-order valence-electron chi connectivity index (χ4n) is 4.73. The maximum absolute atomic E-state index is 12.8. The van der Waals surface area contributed by atoms with Crippen LogP contribution in [0, 0.1) is 23.7 Å². The smallest absolute Gasteiger partial charge is 0.228 e. The number of likely N-dealkylation sites (tertiary alicyclic amines) is 1. The molecule has 1 amide bonds. The second-order valence-corrected chi connectivity index (χ2v) is 8.78. The Kier molecular flexibility index (Phi) is 5.07. The third-order valence-electron chi connectivity index (χ3n) is 6.66. The zero-order valence-electron chi connectivity index (χ0n) is 17.8. The number of fused-ring (bicyclic) bond motifs is 1. The van der Waals surface area contributed by atoms with Crippen LogP contribution in [0.4, 0.5) is 5.82 Å². The average molecular weight is 432 g/mol. The molecule has 5 heterocycles. The number of β-amino-alcohol motifs (C(OH)–C–C–N with tert-alkyl or cyclic N) is 1. The van der Waals surface area contributed by atoms with E-state index in [4.69, 9.17) is 5.26 Å². The fourth-order valence-corrected chi connectivity index (χ4v) is 4.73. The summed E-state index contributed by atoms with van der Waals surface area (Å²) in [6, 6.07) is 9.15. The second-order valence-electron chi connectivity index (χ2n) is 8.78. The number of nitriles is 1. The van der Waals surface area contributed by atoms with Gasteiger partial charge >= 0.3 is 0 Å². The van der Waals surface area contributed by atoms with E-state index in [9.17, 15) is 9.90 Å². The Balaban J connectivity index is 1.22. The number of nitrogens with zero attached hydrogens (tertiary/aromatic N) is 8. The van der Waals surface area contributed by atoms with E-state index in [0.717, 1.165) is 25.9 Å². The molecular formula is C22H24N8O2. The van der Waals surface area contributed by atoms with Crippen molar-refractivity contribution in [1.82, 2.24) is 29.7 Å². The molecule has 3 aromatic heterocycles. The minimum Gasteiger partial charge on any atom is -0.385 e. The van der Waals surface area contributed by atoms with Crippen molar-refractivity contribution in [2.45, 2.75) is 32.3 Å². The molecule has 1 atom stereocenters. The van der Waals surface area contributed by atoms with Crippen molar-refractivity contribution in [2.24, 2.45) is 5.41 Å². The molecule has 0 saturated carbocycles. The molecule has 1 N–H and O–H groups in total. The lowest BCUT2D eigenvalue weighted by molar-refractivity contribution is -0.118. The largest absolute Gasteiger partial charge is 0.385 e. The zero-order chi connectivity index (χ0) is 22.3. The SMILES string of the molecule is Cc1nc(C(O)CN2CCC3(CC2)CC(=O)N(c2ccc4nncn4n2)C3)ccc1C#N. The number of anilines is 1. The lowest BCUT2D eigenvalue weighted by Crippen LogP contribution is -2.43. The van der Waals surface area contributed by atoms with Crippen molar-refractivity contribution >= 4 is 17.4 Å². The third-order valence-corrected chi connectivity index (χ3v) is 6.66. The number of amides is 1. The molecule has 2 fully saturated rings. The van der Waals surface area contributed by atoms with Crippen LogP contribution in [-0.4, -0.2) is 66.9 Å². The van der Waals surface area contributed by atoms with E-state index in [0.29, 0.717) is 47.9 Å². The molecule has 0 aliphatic carbocycles. The van der Waals surface area contributed by atoms with Crippen LogP contribution in [0.5, 0.6) is 0 Å². The third kappa shape index (κ3) is 3.70. The van der Waals surface area contributed by atoms with Crippen LogP contribution in [0.25, 0.3) is 5.65 Å². The molecule has 5 rings (SSSR count). The Morgan fingerprint density at radius 1 is 1.25 bits per heavy atom. The topological polar surface area (TPSA) is 124 Å². The number of piperidine rings is 1. The van der Waals surface area contributed by atoms with Crippen LogP contribution in [0.2, 0.25) is 0 Å². The number of rotatable bonds is 4. The maximum Gasteiger partial charge on any atom is 0.228 e. The number of carbonyl (C=O) groups is 1. The first kappa shape index (κ1) is 20.5. The Hall–Kier alpha value is -3.42.